The van der Waals surface area contributed by atoms with Crippen LogP contribution in [0.4, 0.5) is 5.69 Å². The maximum Gasteiger partial charge on any atom is 0.352 e. The van der Waals surface area contributed by atoms with Gasteiger partial charge in [0.1, 0.15) is 5.69 Å². The summed E-state index contributed by atoms with van der Waals surface area (Å²) in [4.78, 5) is 26.7. The van der Waals surface area contributed by atoms with Crippen LogP contribution in [-0.4, -0.2) is 22.0 Å². The summed E-state index contributed by atoms with van der Waals surface area (Å²) in [5, 5.41) is 12.2. The molecule has 26 heavy (non-hydrogen) atoms. The summed E-state index contributed by atoms with van der Waals surface area (Å²) in [6.07, 6.45) is 2.88. The average Bonchev–Trinajstić information content (AvgIpc) is 2.98. The van der Waals surface area contributed by atoms with E-state index in [0.717, 1.165) is 16.8 Å². The first-order valence-electron chi connectivity index (χ1n) is 8.11. The SMILES string of the molecule is Cc1[nH]c(C(=O)O)c(/C=C/C(=O)Nc2ccccc2)c1-c1ccccc1. The molecule has 3 rings (SSSR count). The van der Waals surface area contributed by atoms with Crippen molar-refractivity contribution in [3.8, 4) is 11.1 Å². The molecule has 0 saturated heterocycles. The minimum absolute atomic E-state index is 0.0603. The molecule has 2 aromatic carbocycles. The van der Waals surface area contributed by atoms with Crippen molar-refractivity contribution >= 4 is 23.6 Å². The van der Waals surface area contributed by atoms with Gasteiger partial charge < -0.3 is 15.4 Å². The van der Waals surface area contributed by atoms with E-state index in [0.29, 0.717) is 11.3 Å². The second-order valence-corrected chi connectivity index (χ2v) is 5.77. The quantitative estimate of drug-likeness (QED) is 0.601. The molecule has 0 atom stereocenters. The molecular formula is C21H18N2O3. The summed E-state index contributed by atoms with van der Waals surface area (Å²) in [6, 6.07) is 18.6. The first kappa shape index (κ1) is 17.2. The van der Waals surface area contributed by atoms with Crippen molar-refractivity contribution in [3.63, 3.8) is 0 Å². The number of aromatic nitrogens is 1. The van der Waals surface area contributed by atoms with Crippen LogP contribution in [0.2, 0.25) is 0 Å². The van der Waals surface area contributed by atoms with Crippen molar-refractivity contribution in [1.82, 2.24) is 4.98 Å². The number of carbonyl (C=O) groups is 2. The van der Waals surface area contributed by atoms with E-state index in [1.54, 1.807) is 12.1 Å². The van der Waals surface area contributed by atoms with Crippen molar-refractivity contribution in [1.29, 1.82) is 0 Å². The van der Waals surface area contributed by atoms with E-state index in [2.05, 4.69) is 10.3 Å². The maximum atomic E-state index is 12.2. The number of nitrogens with one attached hydrogen (secondary N) is 2. The topological polar surface area (TPSA) is 82.2 Å². The van der Waals surface area contributed by atoms with Crippen LogP contribution >= 0.6 is 0 Å². The standard InChI is InChI=1S/C21H18N2O3/c1-14-19(15-8-4-2-5-9-15)17(20(22-14)21(25)26)12-13-18(24)23-16-10-6-3-7-11-16/h2-13,22H,1H3,(H,23,24)(H,25,26)/b13-12+. The molecule has 1 amide bonds. The Morgan fingerprint density at radius 1 is 1.00 bits per heavy atom. The van der Waals surface area contributed by atoms with Crippen LogP contribution in [0.25, 0.3) is 17.2 Å². The number of aryl methyl sites for hydroxylation is 1. The highest BCUT2D eigenvalue weighted by Gasteiger charge is 2.19. The fraction of sp³-hybridized carbons (Fsp3) is 0.0476. The number of anilines is 1. The van der Waals surface area contributed by atoms with Crippen LogP contribution in [0.3, 0.4) is 0 Å². The highest BCUT2D eigenvalue weighted by molar-refractivity contribution is 6.04. The molecule has 0 unspecified atom stereocenters. The number of carboxylic acids is 1. The first-order valence-corrected chi connectivity index (χ1v) is 8.11. The summed E-state index contributed by atoms with van der Waals surface area (Å²) in [6.45, 7) is 1.82. The molecule has 0 saturated carbocycles. The van der Waals surface area contributed by atoms with Crippen LogP contribution in [0.5, 0.6) is 0 Å². The Hall–Kier alpha value is -3.60. The molecule has 0 aliphatic rings. The minimum atomic E-state index is -1.07. The van der Waals surface area contributed by atoms with Crippen LogP contribution in [0.15, 0.2) is 66.7 Å². The highest BCUT2D eigenvalue weighted by atomic mass is 16.4. The van der Waals surface area contributed by atoms with Gasteiger partial charge in [-0.05, 0) is 30.7 Å². The van der Waals surface area contributed by atoms with E-state index in [-0.39, 0.29) is 11.6 Å². The van der Waals surface area contributed by atoms with Gasteiger partial charge in [0.25, 0.3) is 0 Å². The van der Waals surface area contributed by atoms with E-state index >= 15 is 0 Å². The second-order valence-electron chi connectivity index (χ2n) is 5.77. The number of H-pyrrole nitrogens is 1. The molecule has 5 heteroatoms. The zero-order valence-corrected chi connectivity index (χ0v) is 14.2. The number of para-hydroxylation sites is 1. The Morgan fingerprint density at radius 2 is 1.62 bits per heavy atom. The Labute approximate surface area is 151 Å². The lowest BCUT2D eigenvalue weighted by Gasteiger charge is -2.04. The summed E-state index contributed by atoms with van der Waals surface area (Å²) in [5.41, 5.74) is 3.60. The first-order chi connectivity index (χ1) is 12.6. The van der Waals surface area contributed by atoms with Gasteiger partial charge in [-0.25, -0.2) is 4.79 Å². The summed E-state index contributed by atoms with van der Waals surface area (Å²) in [5.74, 6) is -1.40. The third kappa shape index (κ3) is 3.72. The van der Waals surface area contributed by atoms with E-state index < -0.39 is 5.97 Å². The van der Waals surface area contributed by atoms with Gasteiger partial charge in [-0.3, -0.25) is 4.79 Å². The van der Waals surface area contributed by atoms with Gasteiger partial charge in [0, 0.05) is 28.6 Å². The number of aromatic carboxylic acids is 1. The molecule has 1 aromatic heterocycles. The molecule has 1 heterocycles. The molecule has 3 N–H and O–H groups in total. The van der Waals surface area contributed by atoms with Crippen LogP contribution in [0.1, 0.15) is 21.7 Å². The fourth-order valence-electron chi connectivity index (χ4n) is 2.82. The lowest BCUT2D eigenvalue weighted by atomic mass is 10.00. The number of hydrogen-bond acceptors (Lipinski definition) is 2. The van der Waals surface area contributed by atoms with Gasteiger partial charge in [-0.2, -0.15) is 0 Å². The number of amides is 1. The Kier molecular flexibility index (Phi) is 4.99. The van der Waals surface area contributed by atoms with E-state index in [4.69, 9.17) is 0 Å². The van der Waals surface area contributed by atoms with E-state index in [1.165, 1.54) is 12.2 Å². The van der Waals surface area contributed by atoms with Gasteiger partial charge in [-0.15, -0.1) is 0 Å². The van der Waals surface area contributed by atoms with Crippen LogP contribution < -0.4 is 5.32 Å². The molecule has 130 valence electrons. The largest absolute Gasteiger partial charge is 0.477 e. The van der Waals surface area contributed by atoms with Gasteiger partial charge in [0.2, 0.25) is 5.91 Å². The summed E-state index contributed by atoms with van der Waals surface area (Å²) >= 11 is 0. The predicted molar refractivity (Wildman–Crippen MR) is 102 cm³/mol. The molecule has 0 aliphatic carbocycles. The molecule has 0 radical (unpaired) electrons. The molecule has 3 aromatic rings. The second kappa shape index (κ2) is 7.53. The third-order valence-corrected chi connectivity index (χ3v) is 3.95. The molecule has 5 nitrogen and oxygen atoms in total. The number of carbonyl (C=O) groups excluding carboxylic acids is 1. The van der Waals surface area contributed by atoms with Gasteiger partial charge in [-0.1, -0.05) is 48.5 Å². The van der Waals surface area contributed by atoms with Crippen molar-refractivity contribution in [2.75, 3.05) is 5.32 Å². The fourth-order valence-corrected chi connectivity index (χ4v) is 2.82. The predicted octanol–water partition coefficient (Wildman–Crippen LogP) is 4.34. The zero-order chi connectivity index (χ0) is 18.5. The van der Waals surface area contributed by atoms with Gasteiger partial charge in [0.05, 0.1) is 0 Å². The van der Waals surface area contributed by atoms with E-state index in [9.17, 15) is 14.7 Å². The number of carboxylic acid groups (broad SMARTS) is 1. The Balaban J connectivity index is 1.95. The van der Waals surface area contributed by atoms with Crippen molar-refractivity contribution in [2.45, 2.75) is 6.92 Å². The maximum absolute atomic E-state index is 12.2. The van der Waals surface area contributed by atoms with Crippen molar-refractivity contribution < 1.29 is 14.7 Å². The lowest BCUT2D eigenvalue weighted by Crippen LogP contribution is -2.07. The normalized spacial score (nSPS) is 10.8. The number of aromatic amines is 1. The number of hydrogen-bond donors (Lipinski definition) is 3. The smallest absolute Gasteiger partial charge is 0.352 e. The van der Waals surface area contributed by atoms with Gasteiger partial charge in [0.15, 0.2) is 0 Å². The number of rotatable bonds is 5. The Bertz CT molecular complexity index is 958. The zero-order valence-electron chi connectivity index (χ0n) is 14.2. The monoisotopic (exact) mass is 346 g/mol. The van der Waals surface area contributed by atoms with Crippen LogP contribution in [-0.2, 0) is 4.79 Å². The highest BCUT2D eigenvalue weighted by Crippen LogP contribution is 2.31. The summed E-state index contributed by atoms with van der Waals surface area (Å²) in [7, 11) is 0. The molecule has 0 bridgehead atoms. The third-order valence-electron chi connectivity index (χ3n) is 3.95. The van der Waals surface area contributed by atoms with Gasteiger partial charge >= 0.3 is 5.97 Å². The molecular weight excluding hydrogens is 328 g/mol. The molecule has 0 aliphatic heterocycles. The minimum Gasteiger partial charge on any atom is -0.477 e. The summed E-state index contributed by atoms with van der Waals surface area (Å²) < 4.78 is 0. The van der Waals surface area contributed by atoms with Crippen molar-refractivity contribution in [2.24, 2.45) is 0 Å². The average molecular weight is 346 g/mol. The van der Waals surface area contributed by atoms with Crippen LogP contribution in [0, 0.1) is 6.92 Å². The molecule has 0 spiro atoms. The van der Waals surface area contributed by atoms with E-state index in [1.807, 2.05) is 55.5 Å². The number of benzene rings is 2. The van der Waals surface area contributed by atoms with Crippen molar-refractivity contribution in [3.05, 3.63) is 83.7 Å². The molecule has 0 fully saturated rings. The Morgan fingerprint density at radius 3 is 2.23 bits per heavy atom. The lowest BCUT2D eigenvalue weighted by molar-refractivity contribution is -0.111.